The van der Waals surface area contributed by atoms with Crippen LogP contribution in [0, 0.1) is 0 Å². The number of carbonyl (C=O) groups excluding carboxylic acids is 1. The van der Waals surface area contributed by atoms with E-state index in [9.17, 15) is 21.6 Å². The van der Waals surface area contributed by atoms with Crippen LogP contribution in [0.3, 0.4) is 0 Å². The fourth-order valence-electron chi connectivity index (χ4n) is 3.51. The molecule has 1 aliphatic heterocycles. The third-order valence-electron chi connectivity index (χ3n) is 5.36. The van der Waals surface area contributed by atoms with E-state index in [1.54, 1.807) is 24.3 Å². The Kier molecular flexibility index (Phi) is 8.18. The second-order valence-corrected chi connectivity index (χ2v) is 11.5. The minimum atomic E-state index is -3.89. The lowest BCUT2D eigenvalue weighted by molar-refractivity contribution is -0.114. The lowest BCUT2D eigenvalue weighted by atomic mass is 10.1. The van der Waals surface area contributed by atoms with E-state index in [0.717, 1.165) is 22.5 Å². The number of nitrogens with zero attached hydrogens (tertiary/aromatic N) is 2. The second-order valence-electron chi connectivity index (χ2n) is 7.72. The van der Waals surface area contributed by atoms with Gasteiger partial charge in [0.25, 0.3) is 0 Å². The number of nitrogens with one attached hydrogen (secondary N) is 1. The Morgan fingerprint density at radius 3 is 2.29 bits per heavy atom. The van der Waals surface area contributed by atoms with Crippen LogP contribution in [0.4, 0.5) is 11.4 Å². The number of hydrogen-bond donors (Lipinski definition) is 1. The molecule has 0 spiro atoms. The molecular formula is C22H29N3O7S2. The maximum absolute atomic E-state index is 13.1. The van der Waals surface area contributed by atoms with Gasteiger partial charge < -0.3 is 14.8 Å². The minimum absolute atomic E-state index is 0.0928. The number of anilines is 2. The first-order chi connectivity index (χ1) is 16.1. The smallest absolute Gasteiger partial charge is 0.246 e. The molecule has 0 atom stereocenters. The van der Waals surface area contributed by atoms with Crippen molar-refractivity contribution in [3.8, 4) is 5.75 Å². The highest BCUT2D eigenvalue weighted by molar-refractivity contribution is 7.92. The summed E-state index contributed by atoms with van der Waals surface area (Å²) in [5.41, 5.74) is 1.60. The van der Waals surface area contributed by atoms with Gasteiger partial charge in [-0.15, -0.1) is 0 Å². The number of amides is 1. The van der Waals surface area contributed by atoms with Crippen LogP contribution in [0.5, 0.6) is 5.75 Å². The van der Waals surface area contributed by atoms with Crippen molar-refractivity contribution in [2.24, 2.45) is 0 Å². The van der Waals surface area contributed by atoms with E-state index in [2.05, 4.69) is 5.32 Å². The van der Waals surface area contributed by atoms with E-state index < -0.39 is 32.5 Å². The number of methoxy groups -OCH3 is 1. The zero-order chi connectivity index (χ0) is 24.9. The van der Waals surface area contributed by atoms with Gasteiger partial charge in [0.15, 0.2) is 0 Å². The molecule has 12 heteroatoms. The molecule has 0 aromatic heterocycles. The van der Waals surface area contributed by atoms with E-state index in [1.807, 2.05) is 6.92 Å². The van der Waals surface area contributed by atoms with Crippen LogP contribution in [-0.2, 0) is 36.0 Å². The molecule has 1 N–H and O–H groups in total. The van der Waals surface area contributed by atoms with Gasteiger partial charge in [-0.25, -0.2) is 16.8 Å². The van der Waals surface area contributed by atoms with Gasteiger partial charge in [0, 0.05) is 18.8 Å². The molecule has 1 fully saturated rings. The Balaban J connectivity index is 1.83. The van der Waals surface area contributed by atoms with Gasteiger partial charge in [-0.2, -0.15) is 4.31 Å². The summed E-state index contributed by atoms with van der Waals surface area (Å²) in [7, 11) is -6.27. The molecule has 10 nitrogen and oxygen atoms in total. The molecule has 0 saturated carbocycles. The number of rotatable bonds is 9. The van der Waals surface area contributed by atoms with Crippen molar-refractivity contribution in [2.75, 3.05) is 55.8 Å². The number of hydrogen-bond acceptors (Lipinski definition) is 7. The van der Waals surface area contributed by atoms with Crippen molar-refractivity contribution >= 4 is 37.3 Å². The first kappa shape index (κ1) is 25.9. The summed E-state index contributed by atoms with van der Waals surface area (Å²) in [6.45, 7) is 2.52. The lowest BCUT2D eigenvalue weighted by Gasteiger charge is -2.27. The van der Waals surface area contributed by atoms with Crippen molar-refractivity contribution in [2.45, 2.75) is 18.2 Å². The Hall–Kier alpha value is -2.67. The summed E-state index contributed by atoms with van der Waals surface area (Å²) in [4.78, 5) is 12.7. The van der Waals surface area contributed by atoms with E-state index >= 15 is 0 Å². The maximum Gasteiger partial charge on any atom is 0.246 e. The Morgan fingerprint density at radius 2 is 1.74 bits per heavy atom. The van der Waals surface area contributed by atoms with Crippen molar-refractivity contribution in [1.29, 1.82) is 0 Å². The van der Waals surface area contributed by atoms with Crippen LogP contribution >= 0.6 is 0 Å². The van der Waals surface area contributed by atoms with Gasteiger partial charge in [-0.05, 0) is 42.3 Å². The fraction of sp³-hybridized carbons (Fsp3) is 0.409. The predicted molar refractivity (Wildman–Crippen MR) is 129 cm³/mol. The average molecular weight is 512 g/mol. The zero-order valence-corrected chi connectivity index (χ0v) is 21.0. The van der Waals surface area contributed by atoms with Crippen molar-refractivity contribution in [3.05, 3.63) is 48.0 Å². The average Bonchev–Trinajstić information content (AvgIpc) is 2.82. The first-order valence-corrected chi connectivity index (χ1v) is 14.0. The number of sulfonamides is 2. The number of carbonyl (C=O) groups is 1. The van der Waals surface area contributed by atoms with Gasteiger partial charge in [-0.3, -0.25) is 9.10 Å². The molecule has 1 amide bonds. The van der Waals surface area contributed by atoms with E-state index in [0.29, 0.717) is 18.9 Å². The summed E-state index contributed by atoms with van der Waals surface area (Å²) in [6.07, 6.45) is 1.82. The topological polar surface area (TPSA) is 122 Å². The highest BCUT2D eigenvalue weighted by atomic mass is 32.2. The van der Waals surface area contributed by atoms with Gasteiger partial charge in [0.1, 0.15) is 17.2 Å². The summed E-state index contributed by atoms with van der Waals surface area (Å²) in [5.74, 6) is -0.483. The zero-order valence-electron chi connectivity index (χ0n) is 19.4. The van der Waals surface area contributed by atoms with E-state index in [4.69, 9.17) is 9.47 Å². The van der Waals surface area contributed by atoms with Crippen molar-refractivity contribution < 1.29 is 31.1 Å². The van der Waals surface area contributed by atoms with E-state index in [-0.39, 0.29) is 29.4 Å². The molecule has 2 aromatic rings. The van der Waals surface area contributed by atoms with Crippen LogP contribution in [0.25, 0.3) is 0 Å². The van der Waals surface area contributed by atoms with Crippen LogP contribution in [0.2, 0.25) is 0 Å². The Morgan fingerprint density at radius 1 is 1.09 bits per heavy atom. The molecule has 0 aliphatic carbocycles. The molecule has 3 rings (SSSR count). The van der Waals surface area contributed by atoms with Crippen molar-refractivity contribution in [3.63, 3.8) is 0 Å². The van der Waals surface area contributed by atoms with Crippen molar-refractivity contribution in [1.82, 2.24) is 4.31 Å². The summed E-state index contributed by atoms with van der Waals surface area (Å²) in [6, 6.07) is 11.1. The molecule has 2 aromatic carbocycles. The SMILES string of the molecule is CCc1ccc(N(CC(=O)Nc2ccc(OC)c(S(=O)(=O)N3CCOCC3)c2)S(C)(=O)=O)cc1. The standard InChI is InChI=1S/C22H29N3O7S2/c1-4-17-5-8-19(9-6-17)25(33(3,27)28)16-22(26)23-18-7-10-20(31-2)21(15-18)34(29,30)24-11-13-32-14-12-24/h5-10,15H,4,11-14,16H2,1-3H3,(H,23,26). The van der Waals surface area contributed by atoms with Crippen LogP contribution in [0.15, 0.2) is 47.4 Å². The number of morpholine rings is 1. The van der Waals surface area contributed by atoms with Crippen LogP contribution < -0.4 is 14.4 Å². The maximum atomic E-state index is 13.1. The highest BCUT2D eigenvalue weighted by Gasteiger charge is 2.30. The molecule has 0 bridgehead atoms. The van der Waals surface area contributed by atoms with Crippen LogP contribution in [-0.4, -0.2) is 73.3 Å². The summed E-state index contributed by atoms with van der Waals surface area (Å²) in [5, 5.41) is 2.60. The Labute approximate surface area is 200 Å². The second kappa shape index (κ2) is 10.7. The lowest BCUT2D eigenvalue weighted by Crippen LogP contribution is -2.40. The fourth-order valence-corrected chi connectivity index (χ4v) is 5.96. The molecule has 186 valence electrons. The third kappa shape index (κ3) is 6.06. The summed E-state index contributed by atoms with van der Waals surface area (Å²) < 4.78 is 63.7. The normalized spacial score (nSPS) is 15.0. The molecule has 1 heterocycles. The molecule has 34 heavy (non-hydrogen) atoms. The number of aryl methyl sites for hydroxylation is 1. The Bertz CT molecular complexity index is 1220. The number of ether oxygens (including phenoxy) is 2. The monoisotopic (exact) mass is 511 g/mol. The third-order valence-corrected chi connectivity index (χ3v) is 8.42. The number of benzene rings is 2. The molecule has 0 radical (unpaired) electrons. The predicted octanol–water partition coefficient (Wildman–Crippen LogP) is 1.68. The molecule has 1 aliphatic rings. The first-order valence-electron chi connectivity index (χ1n) is 10.7. The molecule has 0 unspecified atom stereocenters. The largest absolute Gasteiger partial charge is 0.495 e. The van der Waals surface area contributed by atoms with Gasteiger partial charge in [0.05, 0.1) is 32.3 Å². The van der Waals surface area contributed by atoms with Crippen LogP contribution in [0.1, 0.15) is 12.5 Å². The molecule has 1 saturated heterocycles. The van der Waals surface area contributed by atoms with Gasteiger partial charge in [0.2, 0.25) is 26.0 Å². The highest BCUT2D eigenvalue weighted by Crippen LogP contribution is 2.30. The van der Waals surface area contributed by atoms with Gasteiger partial charge >= 0.3 is 0 Å². The minimum Gasteiger partial charge on any atom is -0.495 e. The summed E-state index contributed by atoms with van der Waals surface area (Å²) >= 11 is 0. The van der Waals surface area contributed by atoms with E-state index in [1.165, 1.54) is 29.6 Å². The van der Waals surface area contributed by atoms with Gasteiger partial charge in [-0.1, -0.05) is 19.1 Å². The quantitative estimate of drug-likeness (QED) is 0.544. The molecular weight excluding hydrogens is 482 g/mol.